The van der Waals surface area contributed by atoms with E-state index in [-0.39, 0.29) is 11.2 Å². The van der Waals surface area contributed by atoms with Gasteiger partial charge in [-0.1, -0.05) is 20.8 Å². The van der Waals surface area contributed by atoms with Crippen molar-refractivity contribution in [1.29, 1.82) is 0 Å². The van der Waals surface area contributed by atoms with E-state index in [2.05, 4.69) is 25.8 Å². The lowest BCUT2D eigenvalue weighted by Gasteiger charge is -2.14. The number of Topliss-reactive ketones (excluding diaryl/α,β-unsaturated/α-hetero) is 1. The van der Waals surface area contributed by atoms with Crippen molar-refractivity contribution in [2.24, 2.45) is 5.73 Å². The SMILES string of the molecule is CC(N)C(=O)Cc1nc(C(C)(C)C)cs1. The molecule has 0 radical (unpaired) electrons. The van der Waals surface area contributed by atoms with Gasteiger partial charge in [0.25, 0.3) is 0 Å². The third-order valence-corrected chi connectivity index (χ3v) is 3.00. The van der Waals surface area contributed by atoms with Gasteiger partial charge in [-0.2, -0.15) is 0 Å². The number of nitrogens with two attached hydrogens (primary N) is 1. The molecule has 1 aromatic rings. The summed E-state index contributed by atoms with van der Waals surface area (Å²) < 4.78 is 0. The molecular weight excluding hydrogens is 208 g/mol. The van der Waals surface area contributed by atoms with Crippen LogP contribution < -0.4 is 5.73 Å². The first-order valence-electron chi connectivity index (χ1n) is 5.04. The zero-order chi connectivity index (χ0) is 11.6. The molecule has 0 aliphatic rings. The van der Waals surface area contributed by atoms with E-state index in [1.807, 2.05) is 5.38 Å². The van der Waals surface area contributed by atoms with E-state index in [9.17, 15) is 4.79 Å². The average molecular weight is 226 g/mol. The average Bonchev–Trinajstić information content (AvgIpc) is 2.51. The lowest BCUT2D eigenvalue weighted by atomic mass is 9.93. The summed E-state index contributed by atoms with van der Waals surface area (Å²) in [7, 11) is 0. The molecule has 1 heterocycles. The van der Waals surface area contributed by atoms with Crippen molar-refractivity contribution in [3.05, 3.63) is 16.1 Å². The number of thiazole rings is 1. The van der Waals surface area contributed by atoms with Crippen LogP contribution in [0.15, 0.2) is 5.38 Å². The van der Waals surface area contributed by atoms with Crippen LogP contribution in [0.2, 0.25) is 0 Å². The molecule has 0 aromatic carbocycles. The monoisotopic (exact) mass is 226 g/mol. The summed E-state index contributed by atoms with van der Waals surface area (Å²) in [5.41, 5.74) is 6.59. The highest BCUT2D eigenvalue weighted by molar-refractivity contribution is 7.09. The van der Waals surface area contributed by atoms with Gasteiger partial charge in [0.1, 0.15) is 5.01 Å². The van der Waals surface area contributed by atoms with E-state index in [0.717, 1.165) is 10.7 Å². The Hall–Kier alpha value is -0.740. The van der Waals surface area contributed by atoms with E-state index in [1.54, 1.807) is 6.92 Å². The Kier molecular flexibility index (Phi) is 3.62. The Morgan fingerprint density at radius 1 is 1.60 bits per heavy atom. The number of carbonyl (C=O) groups is 1. The molecule has 0 saturated carbocycles. The molecule has 15 heavy (non-hydrogen) atoms. The minimum atomic E-state index is -0.396. The summed E-state index contributed by atoms with van der Waals surface area (Å²) in [5.74, 6) is 0.0461. The van der Waals surface area contributed by atoms with Gasteiger partial charge in [-0.15, -0.1) is 11.3 Å². The van der Waals surface area contributed by atoms with Crippen LogP contribution in [0, 0.1) is 0 Å². The van der Waals surface area contributed by atoms with Gasteiger partial charge in [0.15, 0.2) is 5.78 Å². The first kappa shape index (κ1) is 12.3. The van der Waals surface area contributed by atoms with Crippen LogP contribution in [-0.2, 0) is 16.6 Å². The molecular formula is C11H18N2OS. The van der Waals surface area contributed by atoms with E-state index in [4.69, 9.17) is 5.73 Å². The van der Waals surface area contributed by atoms with Crippen molar-refractivity contribution in [2.45, 2.75) is 45.6 Å². The molecule has 3 nitrogen and oxygen atoms in total. The molecule has 1 atom stereocenters. The zero-order valence-electron chi connectivity index (χ0n) is 9.70. The van der Waals surface area contributed by atoms with Crippen molar-refractivity contribution in [1.82, 2.24) is 4.98 Å². The van der Waals surface area contributed by atoms with Crippen molar-refractivity contribution < 1.29 is 4.79 Å². The second-order valence-electron chi connectivity index (χ2n) is 4.81. The zero-order valence-corrected chi connectivity index (χ0v) is 10.5. The number of carbonyl (C=O) groups excluding carboxylic acids is 1. The number of hydrogen-bond donors (Lipinski definition) is 1. The molecule has 0 aliphatic carbocycles. The van der Waals surface area contributed by atoms with Gasteiger partial charge >= 0.3 is 0 Å². The summed E-state index contributed by atoms with van der Waals surface area (Å²) in [6, 6.07) is -0.396. The van der Waals surface area contributed by atoms with E-state index in [1.165, 1.54) is 11.3 Å². The Morgan fingerprint density at radius 2 is 2.20 bits per heavy atom. The molecule has 4 heteroatoms. The minimum Gasteiger partial charge on any atom is -0.322 e. The maximum Gasteiger partial charge on any atom is 0.156 e. The second kappa shape index (κ2) is 4.41. The van der Waals surface area contributed by atoms with Crippen LogP contribution >= 0.6 is 11.3 Å². The smallest absolute Gasteiger partial charge is 0.156 e. The van der Waals surface area contributed by atoms with Crippen LogP contribution in [0.5, 0.6) is 0 Å². The fraction of sp³-hybridized carbons (Fsp3) is 0.636. The van der Waals surface area contributed by atoms with Crippen molar-refractivity contribution in [2.75, 3.05) is 0 Å². The van der Waals surface area contributed by atoms with Gasteiger partial charge in [0, 0.05) is 10.8 Å². The van der Waals surface area contributed by atoms with Crippen LogP contribution in [0.1, 0.15) is 38.4 Å². The Labute approximate surface area is 94.7 Å². The van der Waals surface area contributed by atoms with Gasteiger partial charge in [0.05, 0.1) is 18.2 Å². The first-order valence-corrected chi connectivity index (χ1v) is 5.92. The molecule has 1 rings (SSSR count). The maximum atomic E-state index is 11.4. The Balaban J connectivity index is 2.73. The van der Waals surface area contributed by atoms with Gasteiger partial charge < -0.3 is 5.73 Å². The minimum absolute atomic E-state index is 0.0461. The highest BCUT2D eigenvalue weighted by Crippen LogP contribution is 2.24. The lowest BCUT2D eigenvalue weighted by molar-refractivity contribution is -0.119. The van der Waals surface area contributed by atoms with Gasteiger partial charge in [-0.05, 0) is 6.92 Å². The molecule has 1 unspecified atom stereocenters. The molecule has 0 saturated heterocycles. The van der Waals surface area contributed by atoms with Crippen LogP contribution in [0.3, 0.4) is 0 Å². The summed E-state index contributed by atoms with van der Waals surface area (Å²) >= 11 is 1.53. The topological polar surface area (TPSA) is 56.0 Å². The van der Waals surface area contributed by atoms with E-state index >= 15 is 0 Å². The molecule has 0 spiro atoms. The number of rotatable bonds is 3. The molecule has 0 bridgehead atoms. The largest absolute Gasteiger partial charge is 0.322 e. The third kappa shape index (κ3) is 3.39. The Bertz CT molecular complexity index is 350. The van der Waals surface area contributed by atoms with Gasteiger partial charge in [-0.25, -0.2) is 4.98 Å². The molecule has 0 fully saturated rings. The summed E-state index contributed by atoms with van der Waals surface area (Å²) in [6.45, 7) is 8.04. The van der Waals surface area contributed by atoms with Crippen molar-refractivity contribution >= 4 is 17.1 Å². The predicted molar refractivity (Wildman–Crippen MR) is 63.2 cm³/mol. The molecule has 0 aliphatic heterocycles. The summed E-state index contributed by atoms with van der Waals surface area (Å²) in [5, 5.41) is 2.88. The van der Waals surface area contributed by atoms with Gasteiger partial charge in [0.2, 0.25) is 0 Å². The highest BCUT2D eigenvalue weighted by Gasteiger charge is 2.18. The maximum absolute atomic E-state index is 11.4. The normalized spacial score (nSPS) is 13.9. The van der Waals surface area contributed by atoms with E-state index < -0.39 is 6.04 Å². The van der Waals surface area contributed by atoms with Gasteiger partial charge in [-0.3, -0.25) is 4.79 Å². The van der Waals surface area contributed by atoms with Crippen molar-refractivity contribution in [3.8, 4) is 0 Å². The van der Waals surface area contributed by atoms with Crippen LogP contribution in [0.25, 0.3) is 0 Å². The molecule has 1 aromatic heterocycles. The summed E-state index contributed by atoms with van der Waals surface area (Å²) in [6.07, 6.45) is 0.360. The lowest BCUT2D eigenvalue weighted by Crippen LogP contribution is -2.28. The predicted octanol–water partition coefficient (Wildman–Crippen LogP) is 1.90. The quantitative estimate of drug-likeness (QED) is 0.856. The third-order valence-electron chi connectivity index (χ3n) is 2.15. The second-order valence-corrected chi connectivity index (χ2v) is 5.75. The number of aromatic nitrogens is 1. The molecule has 0 amide bonds. The summed E-state index contributed by atoms with van der Waals surface area (Å²) in [4.78, 5) is 15.9. The number of ketones is 1. The fourth-order valence-electron chi connectivity index (χ4n) is 1.05. The molecule has 2 N–H and O–H groups in total. The number of nitrogens with zero attached hydrogens (tertiary/aromatic N) is 1. The van der Waals surface area contributed by atoms with Crippen LogP contribution in [-0.4, -0.2) is 16.8 Å². The molecule has 84 valence electrons. The van der Waals surface area contributed by atoms with Crippen LogP contribution in [0.4, 0.5) is 0 Å². The van der Waals surface area contributed by atoms with Crippen molar-refractivity contribution in [3.63, 3.8) is 0 Å². The highest BCUT2D eigenvalue weighted by atomic mass is 32.1. The Morgan fingerprint density at radius 3 is 2.60 bits per heavy atom. The van der Waals surface area contributed by atoms with E-state index in [0.29, 0.717) is 6.42 Å². The standard InChI is InChI=1S/C11H18N2OS/c1-7(12)8(14)5-10-13-9(6-15-10)11(2,3)4/h6-7H,5,12H2,1-4H3. The number of hydrogen-bond acceptors (Lipinski definition) is 4. The fourth-order valence-corrected chi connectivity index (χ4v) is 2.08. The first-order chi connectivity index (χ1) is 6.80.